The van der Waals surface area contributed by atoms with Crippen molar-refractivity contribution in [3.05, 3.63) is 47.6 Å². The molecule has 0 saturated carbocycles. The maximum Gasteiger partial charge on any atom is 0.254 e. The lowest BCUT2D eigenvalue weighted by Gasteiger charge is -2.31. The molecule has 6 nitrogen and oxygen atoms in total. The minimum absolute atomic E-state index is 0.242. The summed E-state index contributed by atoms with van der Waals surface area (Å²) < 4.78 is 31.5. The Morgan fingerprint density at radius 3 is 3.08 bits per heavy atom. The van der Waals surface area contributed by atoms with Crippen molar-refractivity contribution in [2.24, 2.45) is 5.92 Å². The summed E-state index contributed by atoms with van der Waals surface area (Å²) in [5, 5.41) is 6.49. The number of aromatic nitrogens is 2. The molecule has 1 aromatic carbocycles. The van der Waals surface area contributed by atoms with E-state index in [0.29, 0.717) is 18.9 Å². The highest BCUT2D eigenvalue weighted by Gasteiger charge is 2.22. The van der Waals surface area contributed by atoms with E-state index >= 15 is 0 Å². The molecule has 0 spiro atoms. The number of rotatable bonds is 5. The number of nitrogens with zero attached hydrogens (tertiary/aromatic N) is 3. The molecule has 24 heavy (non-hydrogen) atoms. The van der Waals surface area contributed by atoms with Crippen LogP contribution >= 0.6 is 0 Å². The topological polar surface area (TPSA) is 71.3 Å². The Kier molecular flexibility index (Phi) is 5.14. The zero-order valence-corrected chi connectivity index (χ0v) is 13.0. The monoisotopic (exact) mass is 336 g/mol. The second-order valence-corrected chi connectivity index (χ2v) is 5.92. The van der Waals surface area contributed by atoms with Crippen LogP contribution in [-0.2, 0) is 6.54 Å². The van der Waals surface area contributed by atoms with Gasteiger partial charge in [0.25, 0.3) is 5.91 Å². The predicted molar refractivity (Wildman–Crippen MR) is 81.0 cm³/mol. The fraction of sp³-hybridized carbons (Fsp3) is 0.438. The summed E-state index contributed by atoms with van der Waals surface area (Å²) in [5.41, 5.74) is -0.269. The van der Waals surface area contributed by atoms with Crippen LogP contribution in [0.1, 0.15) is 29.0 Å². The van der Waals surface area contributed by atoms with Crippen LogP contribution in [0.15, 0.2) is 29.1 Å². The van der Waals surface area contributed by atoms with Crippen molar-refractivity contribution in [2.45, 2.75) is 19.4 Å². The molecular formula is C16H18F2N4O2. The highest BCUT2D eigenvalue weighted by molar-refractivity contribution is 5.94. The van der Waals surface area contributed by atoms with E-state index in [1.54, 1.807) is 0 Å². The number of likely N-dealkylation sites (tertiary alicyclic amines) is 1. The van der Waals surface area contributed by atoms with Gasteiger partial charge in [-0.3, -0.25) is 9.69 Å². The highest BCUT2D eigenvalue weighted by Crippen LogP contribution is 2.17. The molecule has 1 amide bonds. The van der Waals surface area contributed by atoms with E-state index in [2.05, 4.69) is 20.4 Å². The van der Waals surface area contributed by atoms with Gasteiger partial charge in [-0.15, -0.1) is 0 Å². The minimum atomic E-state index is -0.726. The molecule has 128 valence electrons. The van der Waals surface area contributed by atoms with E-state index in [-0.39, 0.29) is 11.5 Å². The molecule has 1 aliphatic heterocycles. The number of carbonyl (C=O) groups is 1. The summed E-state index contributed by atoms with van der Waals surface area (Å²) >= 11 is 0. The number of halogens is 2. The first kappa shape index (κ1) is 16.5. The van der Waals surface area contributed by atoms with Gasteiger partial charge in [-0.05, 0) is 43.5 Å². The number of nitrogens with one attached hydrogen (secondary N) is 1. The standard InChI is InChI=1S/C16H18F2N4O2/c17-12-3-4-14(18)13(6-12)16(23)19-7-11-2-1-5-22(8-11)9-15-20-10-24-21-15/h3-4,6,10-11H,1-2,5,7-9H2,(H,19,23). The largest absolute Gasteiger partial charge is 0.352 e. The summed E-state index contributed by atoms with van der Waals surface area (Å²) in [7, 11) is 0. The van der Waals surface area contributed by atoms with Crippen molar-refractivity contribution in [2.75, 3.05) is 19.6 Å². The lowest BCUT2D eigenvalue weighted by molar-refractivity contribution is 0.0925. The van der Waals surface area contributed by atoms with E-state index in [1.807, 2.05) is 0 Å². The number of carbonyl (C=O) groups excluding carboxylic acids is 1. The second-order valence-electron chi connectivity index (χ2n) is 5.92. The summed E-state index contributed by atoms with van der Waals surface area (Å²) in [5.74, 6) is -1.09. The second kappa shape index (κ2) is 7.48. The van der Waals surface area contributed by atoms with Crippen LogP contribution in [0.25, 0.3) is 0 Å². The smallest absolute Gasteiger partial charge is 0.254 e. The van der Waals surface area contributed by atoms with E-state index in [4.69, 9.17) is 4.52 Å². The van der Waals surface area contributed by atoms with Crippen LogP contribution in [0.5, 0.6) is 0 Å². The molecular weight excluding hydrogens is 318 g/mol. The number of hydrogen-bond donors (Lipinski definition) is 1. The first-order valence-electron chi connectivity index (χ1n) is 7.82. The Labute approximate surface area is 137 Å². The van der Waals surface area contributed by atoms with Gasteiger partial charge < -0.3 is 9.84 Å². The van der Waals surface area contributed by atoms with Crippen LogP contribution in [0, 0.1) is 17.6 Å². The van der Waals surface area contributed by atoms with Gasteiger partial charge >= 0.3 is 0 Å². The lowest BCUT2D eigenvalue weighted by Crippen LogP contribution is -2.40. The third-order valence-electron chi connectivity index (χ3n) is 4.10. The molecule has 0 radical (unpaired) electrons. The Hall–Kier alpha value is -2.35. The Bertz CT molecular complexity index is 693. The van der Waals surface area contributed by atoms with Crippen LogP contribution in [0.3, 0.4) is 0 Å². The molecule has 8 heteroatoms. The number of hydrogen-bond acceptors (Lipinski definition) is 5. The predicted octanol–water partition coefficient (Wildman–Crippen LogP) is 1.99. The van der Waals surface area contributed by atoms with Gasteiger partial charge in [-0.25, -0.2) is 8.78 Å². The molecule has 1 saturated heterocycles. The summed E-state index contributed by atoms with van der Waals surface area (Å²) in [6, 6.07) is 2.86. The van der Waals surface area contributed by atoms with Crippen LogP contribution in [0.4, 0.5) is 8.78 Å². The normalized spacial score (nSPS) is 18.5. The molecule has 1 aromatic heterocycles. The van der Waals surface area contributed by atoms with Crippen molar-refractivity contribution in [1.29, 1.82) is 0 Å². The minimum Gasteiger partial charge on any atom is -0.352 e. The van der Waals surface area contributed by atoms with Gasteiger partial charge in [0.1, 0.15) is 11.6 Å². The quantitative estimate of drug-likeness (QED) is 0.904. The molecule has 1 atom stereocenters. The van der Waals surface area contributed by atoms with Crippen LogP contribution in [0.2, 0.25) is 0 Å². The van der Waals surface area contributed by atoms with Gasteiger partial charge in [0.05, 0.1) is 12.1 Å². The van der Waals surface area contributed by atoms with Crippen LogP contribution in [-0.4, -0.2) is 40.6 Å². The summed E-state index contributed by atoms with van der Waals surface area (Å²) in [6.45, 7) is 2.72. The highest BCUT2D eigenvalue weighted by atomic mass is 19.1. The van der Waals surface area contributed by atoms with Gasteiger partial charge in [0, 0.05) is 13.1 Å². The number of benzene rings is 1. The first-order chi connectivity index (χ1) is 11.6. The lowest BCUT2D eigenvalue weighted by atomic mass is 9.98. The van der Waals surface area contributed by atoms with Crippen molar-refractivity contribution < 1.29 is 18.1 Å². The third-order valence-corrected chi connectivity index (χ3v) is 4.10. The molecule has 1 N–H and O–H groups in total. The fourth-order valence-electron chi connectivity index (χ4n) is 2.93. The molecule has 1 fully saturated rings. The van der Waals surface area contributed by atoms with Crippen molar-refractivity contribution in [1.82, 2.24) is 20.4 Å². The molecule has 0 bridgehead atoms. The van der Waals surface area contributed by atoms with Crippen molar-refractivity contribution in [3.8, 4) is 0 Å². The zero-order valence-electron chi connectivity index (χ0n) is 13.0. The molecule has 1 aliphatic rings. The van der Waals surface area contributed by atoms with Crippen molar-refractivity contribution >= 4 is 5.91 Å². The third kappa shape index (κ3) is 4.14. The maximum absolute atomic E-state index is 13.6. The Balaban J connectivity index is 1.52. The number of piperidine rings is 1. The van der Waals surface area contributed by atoms with Crippen LogP contribution < -0.4 is 5.32 Å². The Morgan fingerprint density at radius 2 is 2.29 bits per heavy atom. The summed E-state index contributed by atoms with van der Waals surface area (Å²) in [6.07, 6.45) is 3.26. The Morgan fingerprint density at radius 1 is 1.42 bits per heavy atom. The fourth-order valence-corrected chi connectivity index (χ4v) is 2.93. The molecule has 0 aliphatic carbocycles. The van der Waals surface area contributed by atoms with Gasteiger partial charge in [-0.1, -0.05) is 5.16 Å². The van der Waals surface area contributed by atoms with E-state index in [1.165, 1.54) is 6.39 Å². The maximum atomic E-state index is 13.6. The van der Waals surface area contributed by atoms with E-state index in [0.717, 1.165) is 44.1 Å². The molecule has 2 heterocycles. The molecule has 3 rings (SSSR count). The van der Waals surface area contributed by atoms with Gasteiger partial charge in [0.2, 0.25) is 6.39 Å². The average Bonchev–Trinajstić information content (AvgIpc) is 3.08. The molecule has 1 unspecified atom stereocenters. The summed E-state index contributed by atoms with van der Waals surface area (Å²) in [4.78, 5) is 18.2. The van der Waals surface area contributed by atoms with E-state index in [9.17, 15) is 13.6 Å². The number of amides is 1. The van der Waals surface area contributed by atoms with Gasteiger partial charge in [0.15, 0.2) is 5.82 Å². The average molecular weight is 336 g/mol. The SMILES string of the molecule is O=C(NCC1CCCN(Cc2ncon2)C1)c1cc(F)ccc1F. The van der Waals surface area contributed by atoms with E-state index < -0.39 is 17.5 Å². The van der Waals surface area contributed by atoms with Crippen molar-refractivity contribution in [3.63, 3.8) is 0 Å². The molecule has 2 aromatic rings. The van der Waals surface area contributed by atoms with Gasteiger partial charge in [-0.2, -0.15) is 4.98 Å². The zero-order chi connectivity index (χ0) is 16.9. The first-order valence-corrected chi connectivity index (χ1v) is 7.82.